The van der Waals surface area contributed by atoms with Crippen molar-refractivity contribution in [3.8, 4) is 0 Å². The molecule has 0 bridgehead atoms. The molecular formula is C30H54CrO6S2+3. The van der Waals surface area contributed by atoms with E-state index in [0.29, 0.717) is 9.49 Å². The average Bonchev–Trinajstić information content (AvgIpc) is 3.14. The van der Waals surface area contributed by atoms with Crippen LogP contribution in [0.15, 0.2) is 0 Å². The Morgan fingerprint density at radius 1 is 0.718 bits per heavy atom. The summed E-state index contributed by atoms with van der Waals surface area (Å²) in [6.07, 6.45) is 0. The molecule has 2 heterocycles. The van der Waals surface area contributed by atoms with Gasteiger partial charge < -0.3 is 9.47 Å². The van der Waals surface area contributed by atoms with E-state index in [1.54, 1.807) is 41.5 Å². The van der Waals surface area contributed by atoms with Crippen LogP contribution in [0.4, 0.5) is 0 Å². The first-order chi connectivity index (χ1) is 16.4. The number of ether oxygens (including phenoxy) is 2. The van der Waals surface area contributed by atoms with Gasteiger partial charge in [-0.3, -0.25) is 19.2 Å². The molecule has 2 fully saturated rings. The zero-order valence-corrected chi connectivity index (χ0v) is 30.6. The van der Waals surface area contributed by atoms with Gasteiger partial charge in [-0.25, -0.2) is 0 Å². The van der Waals surface area contributed by atoms with Gasteiger partial charge in [0.25, 0.3) is 0 Å². The zero-order chi connectivity index (χ0) is 31.1. The summed E-state index contributed by atoms with van der Waals surface area (Å²) in [5.74, 6) is -1.20. The molecule has 0 unspecified atom stereocenters. The fourth-order valence-electron chi connectivity index (χ4n) is 2.74. The molecule has 9 heteroatoms. The molecule has 0 aliphatic carbocycles. The van der Waals surface area contributed by atoms with Crippen LogP contribution in [0.1, 0.15) is 118 Å². The molecule has 0 aromatic rings. The summed E-state index contributed by atoms with van der Waals surface area (Å²) in [4.78, 5) is 46.9. The second-order valence-electron chi connectivity index (χ2n) is 14.9. The second-order valence-corrected chi connectivity index (χ2v) is 18.8. The van der Waals surface area contributed by atoms with E-state index >= 15 is 0 Å². The van der Waals surface area contributed by atoms with Gasteiger partial charge in [0.15, 0.2) is 5.12 Å². The van der Waals surface area contributed by atoms with Gasteiger partial charge in [-0.2, -0.15) is 0 Å². The van der Waals surface area contributed by atoms with Crippen molar-refractivity contribution in [3.63, 3.8) is 0 Å². The van der Waals surface area contributed by atoms with Crippen molar-refractivity contribution in [1.82, 2.24) is 0 Å². The third-order valence-corrected chi connectivity index (χ3v) is 13.3. The van der Waals surface area contributed by atoms with Crippen LogP contribution in [0, 0.1) is 27.1 Å². The average molecular weight is 627 g/mol. The molecule has 0 atom stereocenters. The van der Waals surface area contributed by atoms with Gasteiger partial charge in [0.2, 0.25) is 0 Å². The van der Waals surface area contributed by atoms with Crippen molar-refractivity contribution >= 4 is 46.5 Å². The fourth-order valence-corrected chi connectivity index (χ4v) is 5.24. The number of cyclic esters (lactones) is 2. The maximum atomic E-state index is 12.7. The van der Waals surface area contributed by atoms with Crippen molar-refractivity contribution < 1.29 is 46.0 Å². The number of hydrogen-bond donors (Lipinski definition) is 0. The van der Waals surface area contributed by atoms with E-state index in [1.165, 1.54) is 18.9 Å². The number of esters is 3. The molecule has 0 N–H and O–H groups in total. The zero-order valence-electron chi connectivity index (χ0n) is 27.7. The van der Waals surface area contributed by atoms with Gasteiger partial charge in [0.05, 0.1) is 23.4 Å². The number of carbonyl (C=O) groups excluding carboxylic acids is 4. The first-order valence-electron chi connectivity index (χ1n) is 13.2. The minimum absolute atomic E-state index is 0. The second kappa shape index (κ2) is 12.4. The largest absolute Gasteiger partial charge is 3.00 e. The summed E-state index contributed by atoms with van der Waals surface area (Å²) < 4.78 is 10.3. The third kappa shape index (κ3) is 8.52. The molecule has 0 saturated carbocycles. The first-order valence-corrected chi connectivity index (χ1v) is 14.8. The van der Waals surface area contributed by atoms with Crippen molar-refractivity contribution in [3.05, 3.63) is 0 Å². The minimum atomic E-state index is -0.861. The fraction of sp³-hybridized carbons (Fsp3) is 0.867. The quantitative estimate of drug-likeness (QED) is 0.178. The van der Waals surface area contributed by atoms with Gasteiger partial charge >= 0.3 is 35.3 Å². The summed E-state index contributed by atoms with van der Waals surface area (Å²) in [5, 5.41) is 0.0211. The summed E-state index contributed by atoms with van der Waals surface area (Å²) in [7, 11) is 1.36. The number of hydrogen-bond acceptors (Lipinski definition) is 8. The molecule has 0 amide bonds. The topological polar surface area (TPSA) is 86.7 Å². The predicted molar refractivity (Wildman–Crippen MR) is 160 cm³/mol. The van der Waals surface area contributed by atoms with Crippen LogP contribution >= 0.6 is 23.5 Å². The molecule has 0 aromatic carbocycles. The molecule has 2 aliphatic rings. The number of rotatable bonds is 4. The van der Waals surface area contributed by atoms with Gasteiger partial charge in [-0.1, -0.05) is 46.4 Å². The van der Waals surface area contributed by atoms with Crippen LogP contribution < -0.4 is 0 Å². The monoisotopic (exact) mass is 626 g/mol. The number of methoxy groups -OCH3 is 1. The van der Waals surface area contributed by atoms with Crippen LogP contribution in [0.3, 0.4) is 0 Å². The maximum absolute atomic E-state index is 12.7. The Morgan fingerprint density at radius 3 is 1.21 bits per heavy atom. The Bertz CT molecular complexity index is 902. The van der Waals surface area contributed by atoms with Crippen molar-refractivity contribution in [2.24, 2.45) is 27.1 Å². The Hall–Kier alpha value is -0.488. The molecule has 1 radical (unpaired) electrons. The van der Waals surface area contributed by atoms with Crippen LogP contribution in [0.2, 0.25) is 0 Å². The van der Waals surface area contributed by atoms with Gasteiger partial charge in [0.1, 0.15) is 0 Å². The molecule has 6 nitrogen and oxygen atoms in total. The van der Waals surface area contributed by atoms with Gasteiger partial charge in [-0.15, -0.1) is 11.8 Å². The summed E-state index contributed by atoms with van der Waals surface area (Å²) in [6, 6.07) is 0. The number of thioether (sulfide) groups is 2. The van der Waals surface area contributed by atoms with E-state index in [-0.39, 0.29) is 38.6 Å². The Balaban J connectivity index is 0. The van der Waals surface area contributed by atoms with Crippen LogP contribution in [-0.2, 0) is 46.0 Å². The molecule has 2 rings (SSSR count). The maximum Gasteiger partial charge on any atom is 3.00 e. The van der Waals surface area contributed by atoms with E-state index in [2.05, 4.69) is 78.8 Å². The molecule has 39 heavy (non-hydrogen) atoms. The SMILES string of the molecule is CC1(C)C(=O)OC(=O)C1(C)C.CC1(C)SC1(C)C.COC(=O)C(C)(C)C(C)(C)C(=O)SC(C)(C)C(C)(C)C.[Cr+3]. The van der Waals surface area contributed by atoms with E-state index in [9.17, 15) is 19.2 Å². The van der Waals surface area contributed by atoms with Crippen molar-refractivity contribution in [1.29, 1.82) is 0 Å². The van der Waals surface area contributed by atoms with E-state index in [1.807, 2.05) is 13.8 Å². The van der Waals surface area contributed by atoms with E-state index < -0.39 is 33.6 Å². The number of carbonyl (C=O) groups is 4. The smallest absolute Gasteiger partial charge is 0.469 e. The van der Waals surface area contributed by atoms with Crippen LogP contribution in [0.5, 0.6) is 0 Å². The standard InChI is InChI=1S/C16H30O3S.C8H12O3.C6H12S.Cr/c1-13(2,3)16(8,9)20-12(18)15(6,7)14(4,5)11(17)19-10;1-7(2)5(9)11-6(10)8(7,3)4;1-5(2)6(3,4)7-5;/h1-10H3;1-4H3;1-4H3;/q;;;+3. The summed E-state index contributed by atoms with van der Waals surface area (Å²) >= 11 is 3.37. The Morgan fingerprint density at radius 2 is 1.03 bits per heavy atom. The van der Waals surface area contributed by atoms with E-state index in [0.717, 1.165) is 0 Å². The normalized spacial score (nSPS) is 20.7. The van der Waals surface area contributed by atoms with Gasteiger partial charge in [-0.05, 0) is 88.5 Å². The Kier molecular flexibility index (Phi) is 12.9. The summed E-state index contributed by atoms with van der Waals surface area (Å²) in [6.45, 7) is 33.7. The predicted octanol–water partition coefficient (Wildman–Crippen LogP) is 7.71. The summed E-state index contributed by atoms with van der Waals surface area (Å²) in [5.41, 5.74) is -3.06. The third-order valence-electron chi connectivity index (χ3n) is 9.61. The molecule has 2 aliphatic heterocycles. The Labute approximate surface area is 257 Å². The van der Waals surface area contributed by atoms with Crippen LogP contribution in [0.25, 0.3) is 0 Å². The van der Waals surface area contributed by atoms with Crippen molar-refractivity contribution in [2.45, 2.75) is 132 Å². The van der Waals surface area contributed by atoms with Crippen molar-refractivity contribution in [2.75, 3.05) is 7.11 Å². The molecule has 0 spiro atoms. The van der Waals surface area contributed by atoms with E-state index in [4.69, 9.17) is 4.74 Å². The molecule has 0 aromatic heterocycles. The van der Waals surface area contributed by atoms with Gasteiger partial charge in [0, 0.05) is 19.7 Å². The van der Waals surface area contributed by atoms with Crippen LogP contribution in [-0.4, -0.2) is 44.4 Å². The molecule has 2 saturated heterocycles. The molecular weight excluding hydrogens is 572 g/mol. The first kappa shape index (κ1) is 40.7. The molecule has 225 valence electrons. The minimum Gasteiger partial charge on any atom is -0.469 e.